The molecule has 0 amide bonds. The molecule has 0 aliphatic heterocycles. The van der Waals surface area contributed by atoms with E-state index in [0.29, 0.717) is 0 Å². The maximum atomic E-state index is 14.7. The number of methoxy groups -OCH3 is 2. The number of hydrogen-bond donors (Lipinski definition) is 0. The molecule has 146 valence electrons. The maximum absolute atomic E-state index is 14.7. The first-order valence-electron chi connectivity index (χ1n) is 7.49. The second kappa shape index (κ2) is 5.73. The van der Waals surface area contributed by atoms with Gasteiger partial charge in [-0.2, -0.15) is 4.39 Å². The van der Waals surface area contributed by atoms with E-state index in [-0.39, 0.29) is 0 Å². The Balaban J connectivity index is 2.60. The molecule has 0 saturated heterocycles. The van der Waals surface area contributed by atoms with Gasteiger partial charge in [0.1, 0.15) is 0 Å². The molecule has 0 atom stereocenters. The van der Waals surface area contributed by atoms with Crippen LogP contribution in [-0.4, -0.2) is 14.2 Å². The van der Waals surface area contributed by atoms with Crippen molar-refractivity contribution in [1.29, 1.82) is 0 Å². The number of halogens is 8. The lowest BCUT2D eigenvalue weighted by molar-refractivity contribution is 0.354. The molecule has 28 heavy (non-hydrogen) atoms. The Morgan fingerprint density at radius 2 is 0.643 bits per heavy atom. The van der Waals surface area contributed by atoms with Crippen LogP contribution in [0.15, 0.2) is 0 Å². The van der Waals surface area contributed by atoms with E-state index in [1.165, 1.54) is 0 Å². The fraction of sp³-hybridized carbons (Fsp3) is 0.111. The standard InChI is InChI=1S/C18H6F8O2/c1-27-17-7-4-3-5(9(19)13(7)23)11(21)15(25)12(22)6(3)10(20)14(24)8(4)18(28-2)16(17)26/h1-2H3. The lowest BCUT2D eigenvalue weighted by Crippen LogP contribution is -2.07. The van der Waals surface area contributed by atoms with Crippen LogP contribution >= 0.6 is 0 Å². The van der Waals surface area contributed by atoms with Crippen LogP contribution in [0.1, 0.15) is 0 Å². The minimum atomic E-state index is -2.33. The third kappa shape index (κ3) is 1.87. The van der Waals surface area contributed by atoms with Crippen molar-refractivity contribution in [1.82, 2.24) is 0 Å². The molecule has 4 aromatic carbocycles. The first-order chi connectivity index (χ1) is 13.2. The summed E-state index contributed by atoms with van der Waals surface area (Å²) in [6, 6.07) is 0. The van der Waals surface area contributed by atoms with Crippen LogP contribution in [0, 0.1) is 46.5 Å². The van der Waals surface area contributed by atoms with E-state index in [4.69, 9.17) is 9.47 Å². The molecule has 0 saturated carbocycles. The summed E-state index contributed by atoms with van der Waals surface area (Å²) in [6.07, 6.45) is 0. The zero-order chi connectivity index (χ0) is 20.7. The van der Waals surface area contributed by atoms with Gasteiger partial charge in [-0.05, 0) is 0 Å². The second-order valence-corrected chi connectivity index (χ2v) is 5.83. The fourth-order valence-corrected chi connectivity index (χ4v) is 3.49. The zero-order valence-electron chi connectivity index (χ0n) is 13.8. The van der Waals surface area contributed by atoms with Gasteiger partial charge in [0.2, 0.25) is 5.82 Å². The van der Waals surface area contributed by atoms with Crippen molar-refractivity contribution in [3.8, 4) is 11.5 Å². The van der Waals surface area contributed by atoms with Gasteiger partial charge in [-0.25, -0.2) is 30.7 Å². The molecule has 0 aliphatic carbocycles. The molecule has 0 radical (unpaired) electrons. The molecule has 2 nitrogen and oxygen atoms in total. The second-order valence-electron chi connectivity index (χ2n) is 5.83. The highest BCUT2D eigenvalue weighted by Crippen LogP contribution is 2.50. The largest absolute Gasteiger partial charge is 0.493 e. The van der Waals surface area contributed by atoms with Gasteiger partial charge < -0.3 is 9.47 Å². The monoisotopic (exact) mass is 406 g/mol. The van der Waals surface area contributed by atoms with Crippen LogP contribution in [0.5, 0.6) is 11.5 Å². The lowest BCUT2D eigenvalue weighted by atomic mass is 9.90. The van der Waals surface area contributed by atoms with Crippen LogP contribution in [0.3, 0.4) is 0 Å². The molecule has 0 unspecified atom stereocenters. The molecule has 0 aliphatic rings. The highest BCUT2D eigenvalue weighted by molar-refractivity contribution is 6.26. The molecule has 10 heteroatoms. The smallest absolute Gasteiger partial charge is 0.208 e. The van der Waals surface area contributed by atoms with E-state index >= 15 is 0 Å². The van der Waals surface area contributed by atoms with E-state index in [0.717, 1.165) is 14.2 Å². The average Bonchev–Trinajstić information content (AvgIpc) is 2.67. The van der Waals surface area contributed by atoms with Crippen molar-refractivity contribution in [3.05, 3.63) is 46.5 Å². The number of benzene rings is 4. The van der Waals surface area contributed by atoms with E-state index in [9.17, 15) is 35.1 Å². The minimum absolute atomic E-state index is 0.823. The van der Waals surface area contributed by atoms with Crippen molar-refractivity contribution in [2.75, 3.05) is 14.2 Å². The molecule has 0 aromatic heterocycles. The summed E-state index contributed by atoms with van der Waals surface area (Å²) in [5.74, 6) is -18.0. The van der Waals surface area contributed by atoms with Gasteiger partial charge in [-0.15, -0.1) is 0 Å². The summed E-state index contributed by atoms with van der Waals surface area (Å²) >= 11 is 0. The Kier molecular flexibility index (Phi) is 3.75. The zero-order valence-corrected chi connectivity index (χ0v) is 13.8. The molecular weight excluding hydrogens is 400 g/mol. The van der Waals surface area contributed by atoms with Crippen LogP contribution in [0.4, 0.5) is 35.1 Å². The van der Waals surface area contributed by atoms with Gasteiger partial charge >= 0.3 is 0 Å². The van der Waals surface area contributed by atoms with Gasteiger partial charge in [0.05, 0.1) is 35.8 Å². The van der Waals surface area contributed by atoms with Crippen LogP contribution in [-0.2, 0) is 0 Å². The molecule has 4 aromatic rings. The molecule has 4 rings (SSSR count). The molecule has 0 bridgehead atoms. The quantitative estimate of drug-likeness (QED) is 0.241. The first-order valence-corrected chi connectivity index (χ1v) is 7.49. The summed E-state index contributed by atoms with van der Waals surface area (Å²) in [7, 11) is 1.73. The topological polar surface area (TPSA) is 18.5 Å². The Morgan fingerprint density at radius 1 is 0.357 bits per heavy atom. The van der Waals surface area contributed by atoms with Crippen molar-refractivity contribution < 1.29 is 44.6 Å². The molecule has 0 N–H and O–H groups in total. The van der Waals surface area contributed by atoms with Gasteiger partial charge in [-0.3, -0.25) is 0 Å². The van der Waals surface area contributed by atoms with Crippen LogP contribution in [0.25, 0.3) is 32.3 Å². The number of rotatable bonds is 2. The van der Waals surface area contributed by atoms with Crippen LogP contribution < -0.4 is 9.47 Å². The van der Waals surface area contributed by atoms with Gasteiger partial charge in [0.25, 0.3) is 0 Å². The molecule has 0 spiro atoms. The number of ether oxygens (including phenoxy) is 2. The van der Waals surface area contributed by atoms with E-state index in [2.05, 4.69) is 0 Å². The highest BCUT2D eigenvalue weighted by Gasteiger charge is 2.35. The summed E-state index contributed by atoms with van der Waals surface area (Å²) in [6.45, 7) is 0. The van der Waals surface area contributed by atoms with Crippen molar-refractivity contribution in [2.24, 2.45) is 0 Å². The Morgan fingerprint density at radius 3 is 1.00 bits per heavy atom. The third-order valence-corrected chi connectivity index (χ3v) is 4.60. The SMILES string of the molecule is COc1c(F)c(OC)c2c(F)c(F)c3c(F)c(F)c(F)c4c(F)c(F)c1c2c43. The Bertz CT molecular complexity index is 1220. The van der Waals surface area contributed by atoms with Crippen molar-refractivity contribution in [3.63, 3.8) is 0 Å². The van der Waals surface area contributed by atoms with Crippen molar-refractivity contribution >= 4 is 32.3 Å². The summed E-state index contributed by atoms with van der Waals surface area (Å²) < 4.78 is 125. The predicted octanol–water partition coefficient (Wildman–Crippen LogP) is 5.71. The Labute approximate surface area is 150 Å². The van der Waals surface area contributed by atoms with Gasteiger partial charge in [0.15, 0.2) is 52.2 Å². The first kappa shape index (κ1) is 18.3. The Hall–Kier alpha value is -3.04. The molecule has 0 fully saturated rings. The maximum Gasteiger partial charge on any atom is 0.208 e. The van der Waals surface area contributed by atoms with E-state index in [1.807, 2.05) is 0 Å². The summed E-state index contributed by atoms with van der Waals surface area (Å²) in [5.41, 5.74) is 0. The van der Waals surface area contributed by atoms with Gasteiger partial charge in [-0.1, -0.05) is 0 Å². The van der Waals surface area contributed by atoms with E-state index < -0.39 is 90.4 Å². The van der Waals surface area contributed by atoms with Crippen LogP contribution in [0.2, 0.25) is 0 Å². The fourth-order valence-electron chi connectivity index (χ4n) is 3.49. The minimum Gasteiger partial charge on any atom is -0.493 e. The third-order valence-electron chi connectivity index (χ3n) is 4.60. The molecule has 0 heterocycles. The van der Waals surface area contributed by atoms with E-state index in [1.54, 1.807) is 0 Å². The summed E-state index contributed by atoms with van der Waals surface area (Å²) in [4.78, 5) is 0. The lowest BCUT2D eigenvalue weighted by Gasteiger charge is -2.20. The normalized spacial score (nSPS) is 11.9. The predicted molar refractivity (Wildman–Crippen MR) is 82.9 cm³/mol. The van der Waals surface area contributed by atoms with Gasteiger partial charge in [0, 0.05) is 10.8 Å². The number of hydrogen-bond acceptors (Lipinski definition) is 2. The average molecular weight is 406 g/mol. The highest BCUT2D eigenvalue weighted by atomic mass is 19.2. The van der Waals surface area contributed by atoms with Crippen molar-refractivity contribution in [2.45, 2.75) is 0 Å². The summed E-state index contributed by atoms with van der Waals surface area (Å²) in [5, 5.41) is -6.85. The molecular formula is C18H6F8O2.